The Kier molecular flexibility index (Phi) is 3.34. The molecule has 5 heteroatoms. The van der Waals surface area contributed by atoms with Crippen molar-refractivity contribution in [1.82, 2.24) is 10.3 Å². The number of oxazole rings is 1. The molecule has 0 aromatic carbocycles. The minimum absolute atomic E-state index is 0.737. The van der Waals surface area contributed by atoms with Gasteiger partial charge in [-0.05, 0) is 12.8 Å². The van der Waals surface area contributed by atoms with Gasteiger partial charge in [-0.1, -0.05) is 0 Å². The summed E-state index contributed by atoms with van der Waals surface area (Å²) in [5.41, 5.74) is 0. The van der Waals surface area contributed by atoms with Crippen LogP contribution in [-0.2, 0) is 6.42 Å². The molecule has 2 aromatic rings. The Morgan fingerprint density at radius 2 is 2.44 bits per heavy atom. The van der Waals surface area contributed by atoms with Crippen molar-refractivity contribution in [2.75, 3.05) is 13.7 Å². The van der Waals surface area contributed by atoms with Crippen LogP contribution in [0.2, 0.25) is 0 Å². The van der Waals surface area contributed by atoms with Gasteiger partial charge in [0, 0.05) is 30.5 Å². The summed E-state index contributed by atoms with van der Waals surface area (Å²) in [6.07, 6.45) is 5.26. The molecule has 18 heavy (non-hydrogen) atoms. The van der Waals surface area contributed by atoms with E-state index in [0.29, 0.717) is 0 Å². The zero-order chi connectivity index (χ0) is 12.4. The smallest absolute Gasteiger partial charge is 0.196 e. The topological polar surface area (TPSA) is 47.3 Å². The van der Waals surface area contributed by atoms with Gasteiger partial charge in [0.25, 0.3) is 0 Å². The Labute approximate surface area is 110 Å². The monoisotopic (exact) mass is 264 g/mol. The molecule has 0 unspecified atom stereocenters. The highest BCUT2D eigenvalue weighted by atomic mass is 32.1. The summed E-state index contributed by atoms with van der Waals surface area (Å²) < 4.78 is 10.9. The van der Waals surface area contributed by atoms with Crippen molar-refractivity contribution in [3.8, 4) is 16.4 Å². The minimum Gasteiger partial charge on any atom is -0.496 e. The van der Waals surface area contributed by atoms with Crippen LogP contribution in [0, 0.1) is 0 Å². The highest BCUT2D eigenvalue weighted by Gasteiger charge is 2.20. The predicted molar refractivity (Wildman–Crippen MR) is 71.1 cm³/mol. The third-order valence-corrected chi connectivity index (χ3v) is 3.88. The summed E-state index contributed by atoms with van der Waals surface area (Å²) in [5.74, 6) is 2.48. The molecule has 2 heterocycles. The second-order valence-electron chi connectivity index (χ2n) is 4.45. The van der Waals surface area contributed by atoms with E-state index in [1.54, 1.807) is 24.6 Å². The lowest BCUT2D eigenvalue weighted by atomic mass is 10.4. The quantitative estimate of drug-likeness (QED) is 0.871. The summed E-state index contributed by atoms with van der Waals surface area (Å²) in [4.78, 5) is 5.36. The number of ether oxygens (including phenoxy) is 1. The molecule has 0 bridgehead atoms. The number of nitrogens with zero attached hydrogens (tertiary/aromatic N) is 1. The fourth-order valence-corrected chi connectivity index (χ4v) is 2.57. The first-order valence-corrected chi connectivity index (χ1v) is 7.04. The maximum atomic E-state index is 5.73. The first kappa shape index (κ1) is 11.7. The lowest BCUT2D eigenvalue weighted by molar-refractivity contribution is 0.416. The van der Waals surface area contributed by atoms with Crippen LogP contribution in [0.1, 0.15) is 18.7 Å². The van der Waals surface area contributed by atoms with Gasteiger partial charge in [0.15, 0.2) is 11.7 Å². The van der Waals surface area contributed by atoms with Crippen molar-refractivity contribution >= 4 is 11.3 Å². The Balaban J connectivity index is 1.60. The SMILES string of the molecule is COc1csc(-c2cnc(CCNC3CC3)o2)c1. The fourth-order valence-electron chi connectivity index (χ4n) is 1.77. The number of hydrogen-bond acceptors (Lipinski definition) is 5. The minimum atomic E-state index is 0.737. The first-order valence-electron chi connectivity index (χ1n) is 6.16. The number of thiophene rings is 1. The number of methoxy groups -OCH3 is 1. The molecule has 2 aromatic heterocycles. The Bertz CT molecular complexity index is 517. The maximum absolute atomic E-state index is 5.73. The van der Waals surface area contributed by atoms with Crippen molar-refractivity contribution < 1.29 is 9.15 Å². The largest absolute Gasteiger partial charge is 0.496 e. The van der Waals surface area contributed by atoms with Gasteiger partial charge in [-0.15, -0.1) is 11.3 Å². The number of nitrogens with one attached hydrogen (secondary N) is 1. The Morgan fingerprint density at radius 1 is 1.56 bits per heavy atom. The summed E-state index contributed by atoms with van der Waals surface area (Å²) >= 11 is 1.60. The van der Waals surface area contributed by atoms with Gasteiger partial charge in [-0.2, -0.15) is 0 Å². The van der Waals surface area contributed by atoms with Gasteiger partial charge in [-0.25, -0.2) is 4.98 Å². The lowest BCUT2D eigenvalue weighted by Crippen LogP contribution is -2.19. The van der Waals surface area contributed by atoms with E-state index in [2.05, 4.69) is 10.3 Å². The van der Waals surface area contributed by atoms with E-state index in [9.17, 15) is 0 Å². The number of rotatable bonds is 6. The molecule has 0 saturated heterocycles. The van der Waals surface area contributed by atoms with Crippen LogP contribution >= 0.6 is 11.3 Å². The maximum Gasteiger partial charge on any atom is 0.196 e. The average Bonchev–Trinajstić information content (AvgIpc) is 2.92. The van der Waals surface area contributed by atoms with Crippen LogP contribution in [0.5, 0.6) is 5.75 Å². The summed E-state index contributed by atoms with van der Waals surface area (Å²) in [7, 11) is 1.67. The molecular formula is C13H16N2O2S. The van der Waals surface area contributed by atoms with Crippen LogP contribution < -0.4 is 10.1 Å². The molecule has 0 spiro atoms. The molecule has 1 saturated carbocycles. The zero-order valence-electron chi connectivity index (χ0n) is 10.3. The van der Waals surface area contributed by atoms with Crippen molar-refractivity contribution in [3.63, 3.8) is 0 Å². The van der Waals surface area contributed by atoms with Gasteiger partial charge in [0.1, 0.15) is 5.75 Å². The molecule has 3 rings (SSSR count). The molecular weight excluding hydrogens is 248 g/mol. The second-order valence-corrected chi connectivity index (χ2v) is 5.36. The third-order valence-electron chi connectivity index (χ3n) is 2.96. The highest BCUT2D eigenvalue weighted by molar-refractivity contribution is 7.13. The van der Waals surface area contributed by atoms with Gasteiger partial charge < -0.3 is 14.5 Å². The van der Waals surface area contributed by atoms with Crippen LogP contribution in [-0.4, -0.2) is 24.7 Å². The molecule has 1 N–H and O–H groups in total. The Morgan fingerprint density at radius 3 is 3.17 bits per heavy atom. The first-order chi connectivity index (χ1) is 8.85. The van der Waals surface area contributed by atoms with Crippen molar-refractivity contribution in [1.29, 1.82) is 0 Å². The van der Waals surface area contributed by atoms with Gasteiger partial charge in [-0.3, -0.25) is 0 Å². The van der Waals surface area contributed by atoms with E-state index >= 15 is 0 Å². The van der Waals surface area contributed by atoms with Crippen molar-refractivity contribution in [2.24, 2.45) is 0 Å². The zero-order valence-corrected chi connectivity index (χ0v) is 11.1. The number of hydrogen-bond donors (Lipinski definition) is 1. The van der Waals surface area contributed by atoms with Gasteiger partial charge in [0.05, 0.1) is 18.2 Å². The molecule has 1 fully saturated rings. The lowest BCUT2D eigenvalue weighted by Gasteiger charge is -1.98. The molecule has 4 nitrogen and oxygen atoms in total. The van der Waals surface area contributed by atoms with E-state index in [0.717, 1.165) is 41.3 Å². The molecule has 0 atom stereocenters. The van der Waals surface area contributed by atoms with Crippen molar-refractivity contribution in [3.05, 3.63) is 23.5 Å². The van der Waals surface area contributed by atoms with Crippen LogP contribution in [0.3, 0.4) is 0 Å². The second kappa shape index (κ2) is 5.12. The van der Waals surface area contributed by atoms with Crippen molar-refractivity contribution in [2.45, 2.75) is 25.3 Å². The van der Waals surface area contributed by atoms with Crippen LogP contribution in [0.25, 0.3) is 10.6 Å². The highest BCUT2D eigenvalue weighted by Crippen LogP contribution is 2.31. The predicted octanol–water partition coefficient (Wildman–Crippen LogP) is 2.71. The summed E-state index contributed by atoms with van der Waals surface area (Å²) in [6.45, 7) is 0.943. The average molecular weight is 264 g/mol. The summed E-state index contributed by atoms with van der Waals surface area (Å²) in [6, 6.07) is 2.71. The molecule has 1 aliphatic carbocycles. The molecule has 0 radical (unpaired) electrons. The van der Waals surface area contributed by atoms with Gasteiger partial charge >= 0.3 is 0 Å². The van der Waals surface area contributed by atoms with E-state index in [1.807, 2.05) is 11.4 Å². The van der Waals surface area contributed by atoms with Crippen LogP contribution in [0.4, 0.5) is 0 Å². The molecule has 0 amide bonds. The normalized spacial score (nSPS) is 14.9. The summed E-state index contributed by atoms with van der Waals surface area (Å²) in [5, 5.41) is 5.41. The molecule has 1 aliphatic rings. The molecule has 96 valence electrons. The number of aromatic nitrogens is 1. The van der Waals surface area contributed by atoms with Gasteiger partial charge in [0.2, 0.25) is 0 Å². The fraction of sp³-hybridized carbons (Fsp3) is 0.462. The van der Waals surface area contributed by atoms with E-state index < -0.39 is 0 Å². The van der Waals surface area contributed by atoms with E-state index in [4.69, 9.17) is 9.15 Å². The third kappa shape index (κ3) is 2.73. The molecule has 0 aliphatic heterocycles. The van der Waals surface area contributed by atoms with E-state index in [-0.39, 0.29) is 0 Å². The Hall–Kier alpha value is -1.33. The van der Waals surface area contributed by atoms with E-state index in [1.165, 1.54) is 12.8 Å². The van der Waals surface area contributed by atoms with Crippen LogP contribution in [0.15, 0.2) is 22.1 Å². The standard InChI is InChI=1S/C13H16N2O2S/c1-16-10-6-12(18-8-10)11-7-15-13(17-11)4-5-14-9-2-3-9/h6-9,14H,2-5H2,1H3.